The van der Waals surface area contributed by atoms with E-state index in [2.05, 4.69) is 35.6 Å². The summed E-state index contributed by atoms with van der Waals surface area (Å²) in [4.78, 5) is 22.6. The number of aromatic amines is 1. The third-order valence-corrected chi connectivity index (χ3v) is 4.99. The van der Waals surface area contributed by atoms with Gasteiger partial charge in [0.2, 0.25) is 0 Å². The number of pyridine rings is 1. The molecule has 2 heterocycles. The molecule has 0 saturated heterocycles. The van der Waals surface area contributed by atoms with E-state index in [1.54, 1.807) is 12.3 Å². The Hall–Kier alpha value is -2.09. The topological polar surface area (TPSA) is 55.0 Å². The van der Waals surface area contributed by atoms with Gasteiger partial charge in [0.25, 0.3) is 5.82 Å². The van der Waals surface area contributed by atoms with Crippen LogP contribution >= 0.6 is 0 Å². The molecule has 0 aromatic carbocycles. The van der Waals surface area contributed by atoms with E-state index >= 15 is 0 Å². The average molecular weight is 298 g/mol. The number of aromatic nitrogens is 3. The first-order valence-electron chi connectivity index (χ1n) is 7.88. The number of hydrogen-bond acceptors (Lipinski definition) is 2. The van der Waals surface area contributed by atoms with Gasteiger partial charge in [0.05, 0.1) is 5.52 Å². The fourth-order valence-electron chi connectivity index (χ4n) is 3.64. The van der Waals surface area contributed by atoms with Crippen molar-refractivity contribution in [2.24, 2.45) is 11.3 Å². The smallest absolute Gasteiger partial charge is 0.326 e. The summed E-state index contributed by atoms with van der Waals surface area (Å²) in [5.74, 6) is 1.05. The van der Waals surface area contributed by atoms with Crippen molar-refractivity contribution < 1.29 is 0 Å². The molecule has 0 radical (unpaired) electrons. The van der Waals surface area contributed by atoms with Gasteiger partial charge in [-0.3, -0.25) is 4.57 Å². The summed E-state index contributed by atoms with van der Waals surface area (Å²) < 4.78 is 1.84. The normalized spacial score (nSPS) is 22.6. The molecule has 5 nitrogen and oxygen atoms in total. The van der Waals surface area contributed by atoms with Gasteiger partial charge in [-0.2, -0.15) is 0 Å². The second-order valence-electron chi connectivity index (χ2n) is 7.34. The van der Waals surface area contributed by atoms with Crippen molar-refractivity contribution in [3.63, 3.8) is 0 Å². The van der Waals surface area contributed by atoms with Crippen LogP contribution in [-0.2, 0) is 0 Å². The van der Waals surface area contributed by atoms with Gasteiger partial charge in [0.1, 0.15) is 11.7 Å². The quantitative estimate of drug-likeness (QED) is 0.807. The summed E-state index contributed by atoms with van der Waals surface area (Å²) in [5.41, 5.74) is 1.77. The predicted molar refractivity (Wildman–Crippen MR) is 87.1 cm³/mol. The Morgan fingerprint density at radius 2 is 2.00 bits per heavy atom. The lowest BCUT2D eigenvalue weighted by Crippen LogP contribution is -2.30. The minimum absolute atomic E-state index is 0.0851. The fraction of sp³-hybridized carbons (Fsp3) is 0.588. The van der Waals surface area contributed by atoms with Crippen molar-refractivity contribution in [1.82, 2.24) is 14.5 Å². The number of nitrogens with zero attached hydrogens (tertiary/aromatic N) is 3. The minimum atomic E-state index is -0.0851. The molecule has 1 saturated carbocycles. The first-order chi connectivity index (χ1) is 10.4. The zero-order valence-corrected chi connectivity index (χ0v) is 13.4. The molecule has 0 aliphatic heterocycles. The molecule has 1 fully saturated rings. The Labute approximate surface area is 130 Å². The Balaban J connectivity index is 1.93. The third kappa shape index (κ3) is 2.54. The van der Waals surface area contributed by atoms with Crippen LogP contribution in [0.1, 0.15) is 52.5 Å². The van der Waals surface area contributed by atoms with E-state index < -0.39 is 0 Å². The largest absolute Gasteiger partial charge is 0.361 e. The summed E-state index contributed by atoms with van der Waals surface area (Å²) in [6.45, 7) is 14.0. The molecule has 0 spiro atoms. The SMILES string of the molecule is [C-]#[N+]c1cc2c(cn1)[nH]c(=O)n2C1CCC(C(C)(C)C)CC1. The molecular weight excluding hydrogens is 276 g/mol. The van der Waals surface area contributed by atoms with Crippen LogP contribution in [0.25, 0.3) is 15.9 Å². The highest BCUT2D eigenvalue weighted by Crippen LogP contribution is 2.41. The summed E-state index contributed by atoms with van der Waals surface area (Å²) in [6.07, 6.45) is 5.92. The van der Waals surface area contributed by atoms with Crippen LogP contribution in [0, 0.1) is 17.9 Å². The fourth-order valence-corrected chi connectivity index (χ4v) is 3.64. The zero-order chi connectivity index (χ0) is 15.9. The number of fused-ring (bicyclic) bond motifs is 1. The molecule has 22 heavy (non-hydrogen) atoms. The van der Waals surface area contributed by atoms with E-state index in [0.29, 0.717) is 17.2 Å². The molecule has 116 valence electrons. The molecule has 2 aromatic heterocycles. The van der Waals surface area contributed by atoms with E-state index in [1.165, 1.54) is 0 Å². The molecule has 0 unspecified atom stereocenters. The van der Waals surface area contributed by atoms with Crippen LogP contribution in [0.2, 0.25) is 0 Å². The Bertz CT molecular complexity index is 780. The minimum Gasteiger partial charge on any atom is -0.361 e. The van der Waals surface area contributed by atoms with Crippen molar-refractivity contribution in [3.05, 3.63) is 34.2 Å². The van der Waals surface area contributed by atoms with Crippen molar-refractivity contribution in [1.29, 1.82) is 0 Å². The van der Waals surface area contributed by atoms with Gasteiger partial charge in [0, 0.05) is 6.04 Å². The van der Waals surface area contributed by atoms with Crippen molar-refractivity contribution in [3.8, 4) is 0 Å². The first kappa shape index (κ1) is 14.8. The molecule has 0 bridgehead atoms. The van der Waals surface area contributed by atoms with Gasteiger partial charge in [-0.05, 0) is 43.1 Å². The summed E-state index contributed by atoms with van der Waals surface area (Å²) in [6, 6.07) is 1.94. The molecule has 3 rings (SSSR count). The van der Waals surface area contributed by atoms with Crippen LogP contribution in [0.5, 0.6) is 0 Å². The van der Waals surface area contributed by atoms with E-state index in [4.69, 9.17) is 6.57 Å². The number of hydrogen-bond donors (Lipinski definition) is 1. The van der Waals surface area contributed by atoms with Gasteiger partial charge in [-0.25, -0.2) is 4.79 Å². The number of H-pyrrole nitrogens is 1. The highest BCUT2D eigenvalue weighted by molar-refractivity contribution is 5.77. The maximum absolute atomic E-state index is 12.3. The van der Waals surface area contributed by atoms with Gasteiger partial charge in [-0.1, -0.05) is 27.3 Å². The van der Waals surface area contributed by atoms with Gasteiger partial charge in [-0.15, -0.1) is 4.98 Å². The van der Waals surface area contributed by atoms with Gasteiger partial charge in [0.15, 0.2) is 0 Å². The van der Waals surface area contributed by atoms with Gasteiger partial charge >= 0.3 is 5.69 Å². The maximum Gasteiger partial charge on any atom is 0.326 e. The van der Waals surface area contributed by atoms with Crippen LogP contribution in [-0.4, -0.2) is 14.5 Å². The van der Waals surface area contributed by atoms with Crippen LogP contribution in [0.3, 0.4) is 0 Å². The molecule has 2 aromatic rings. The highest BCUT2D eigenvalue weighted by Gasteiger charge is 2.31. The van der Waals surface area contributed by atoms with E-state index in [-0.39, 0.29) is 11.7 Å². The second kappa shape index (κ2) is 5.28. The molecular formula is C17H22N4O. The molecule has 0 amide bonds. The van der Waals surface area contributed by atoms with Crippen molar-refractivity contribution in [2.45, 2.75) is 52.5 Å². The number of nitrogens with one attached hydrogen (secondary N) is 1. The number of imidazole rings is 1. The van der Waals surface area contributed by atoms with E-state index in [1.807, 2.05) is 4.57 Å². The summed E-state index contributed by atoms with van der Waals surface area (Å²) in [5, 5.41) is 0. The lowest BCUT2D eigenvalue weighted by molar-refractivity contribution is 0.152. The highest BCUT2D eigenvalue weighted by atomic mass is 16.1. The average Bonchev–Trinajstić information content (AvgIpc) is 2.81. The Morgan fingerprint density at radius 1 is 1.32 bits per heavy atom. The maximum atomic E-state index is 12.3. The van der Waals surface area contributed by atoms with E-state index in [0.717, 1.165) is 36.7 Å². The third-order valence-electron chi connectivity index (χ3n) is 4.99. The van der Waals surface area contributed by atoms with Crippen molar-refractivity contribution in [2.75, 3.05) is 0 Å². The Morgan fingerprint density at radius 3 is 2.59 bits per heavy atom. The van der Waals surface area contributed by atoms with Crippen LogP contribution < -0.4 is 5.69 Å². The van der Waals surface area contributed by atoms with Crippen LogP contribution in [0.4, 0.5) is 5.82 Å². The lowest BCUT2D eigenvalue weighted by atomic mass is 9.71. The van der Waals surface area contributed by atoms with Crippen molar-refractivity contribution >= 4 is 16.9 Å². The monoisotopic (exact) mass is 298 g/mol. The van der Waals surface area contributed by atoms with Gasteiger partial charge < -0.3 is 9.83 Å². The Kier molecular flexibility index (Phi) is 3.56. The zero-order valence-electron chi connectivity index (χ0n) is 13.4. The summed E-state index contributed by atoms with van der Waals surface area (Å²) in [7, 11) is 0. The molecule has 1 aliphatic rings. The molecule has 5 heteroatoms. The molecule has 1 N–H and O–H groups in total. The summed E-state index contributed by atoms with van der Waals surface area (Å²) >= 11 is 0. The molecule has 0 atom stereocenters. The first-order valence-corrected chi connectivity index (χ1v) is 7.88. The predicted octanol–water partition coefficient (Wildman–Crippen LogP) is 4.05. The van der Waals surface area contributed by atoms with E-state index in [9.17, 15) is 4.79 Å². The lowest BCUT2D eigenvalue weighted by Gasteiger charge is -2.37. The standard InChI is InChI=1S/C17H22N4O/c1-17(2,3)11-5-7-12(8-6-11)21-14-9-15(18-4)19-10-13(14)20-16(21)22/h9-12H,5-8H2,1-3H3,(H,20,22). The molecule has 1 aliphatic carbocycles. The number of rotatable bonds is 1. The van der Waals surface area contributed by atoms with Crippen LogP contribution in [0.15, 0.2) is 17.1 Å². The second-order valence-corrected chi connectivity index (χ2v) is 7.34.